The van der Waals surface area contributed by atoms with Crippen molar-refractivity contribution < 1.29 is 4.57 Å². The van der Waals surface area contributed by atoms with Crippen LogP contribution in [-0.2, 0) is 4.57 Å². The van der Waals surface area contributed by atoms with Gasteiger partial charge in [0.2, 0.25) is 0 Å². The molecule has 0 unspecified atom stereocenters. The fourth-order valence-corrected chi connectivity index (χ4v) is 5.85. The summed E-state index contributed by atoms with van der Waals surface area (Å²) in [4.78, 5) is 5.30. The highest BCUT2D eigenvalue weighted by Crippen LogP contribution is 2.41. The summed E-state index contributed by atoms with van der Waals surface area (Å²) in [6, 6.07) is 42.0. The van der Waals surface area contributed by atoms with Crippen LogP contribution < -0.4 is 5.30 Å². The van der Waals surface area contributed by atoms with Crippen LogP contribution in [0.3, 0.4) is 0 Å². The molecule has 0 radical (unpaired) electrons. The van der Waals surface area contributed by atoms with Crippen LogP contribution in [0.25, 0.3) is 55.2 Å². The second kappa shape index (κ2) is 8.90. The van der Waals surface area contributed by atoms with E-state index in [1.165, 1.54) is 16.5 Å². The van der Waals surface area contributed by atoms with Gasteiger partial charge in [-0.05, 0) is 30.0 Å². The molecule has 0 N–H and O–H groups in total. The lowest BCUT2D eigenvalue weighted by atomic mass is 9.91. The third-order valence-corrected chi connectivity index (χ3v) is 8.32. The molecule has 36 heavy (non-hydrogen) atoms. The van der Waals surface area contributed by atoms with Crippen LogP contribution in [0.4, 0.5) is 0 Å². The first-order valence-electron chi connectivity index (χ1n) is 12.1. The lowest BCUT2D eigenvalue weighted by molar-refractivity contribution is 0.588. The molecular weight excluding hydrogens is 457 g/mol. The van der Waals surface area contributed by atoms with Crippen molar-refractivity contribution in [3.63, 3.8) is 0 Å². The highest BCUT2D eigenvalue weighted by Gasteiger charge is 2.17. The topological polar surface area (TPSA) is 30.0 Å². The Hall–Kier alpha value is -4.00. The van der Waals surface area contributed by atoms with E-state index in [9.17, 15) is 4.57 Å². The molecule has 0 aliphatic heterocycles. The Kier molecular flexibility index (Phi) is 5.55. The molecule has 3 heteroatoms. The number of para-hydroxylation sites is 1. The van der Waals surface area contributed by atoms with Gasteiger partial charge < -0.3 is 4.57 Å². The van der Waals surface area contributed by atoms with Crippen LogP contribution in [-0.4, -0.2) is 18.3 Å². The maximum atomic E-state index is 12.6. The average Bonchev–Trinajstić information content (AvgIpc) is 2.92. The molecule has 0 bridgehead atoms. The number of pyridine rings is 1. The Morgan fingerprint density at radius 1 is 0.528 bits per heavy atom. The van der Waals surface area contributed by atoms with E-state index in [0.29, 0.717) is 0 Å². The molecule has 2 nitrogen and oxygen atoms in total. The number of fused-ring (bicyclic) bond motifs is 3. The minimum Gasteiger partial charge on any atom is -0.319 e. The fourth-order valence-electron chi connectivity index (χ4n) is 4.98. The fraction of sp³-hybridized carbons (Fsp3) is 0.0606. The normalized spacial score (nSPS) is 11.7. The molecule has 1 aromatic heterocycles. The highest BCUT2D eigenvalue weighted by molar-refractivity contribution is 7.70. The SMILES string of the molecule is CP(C)(=O)c1ccc(-c2cccc3c2nc(-c2ccccc2)c2cccc(-c4ccccc4)c23)cc1. The number of rotatable bonds is 4. The van der Waals surface area contributed by atoms with E-state index in [2.05, 4.69) is 103 Å². The minimum absolute atomic E-state index is 0.890. The van der Waals surface area contributed by atoms with Crippen LogP contribution in [0.5, 0.6) is 0 Å². The van der Waals surface area contributed by atoms with Crippen LogP contribution in [0, 0.1) is 0 Å². The van der Waals surface area contributed by atoms with Gasteiger partial charge in [0, 0.05) is 32.6 Å². The molecule has 6 rings (SSSR count). The predicted molar refractivity (Wildman–Crippen MR) is 155 cm³/mol. The van der Waals surface area contributed by atoms with Crippen molar-refractivity contribution in [1.82, 2.24) is 4.98 Å². The minimum atomic E-state index is -2.31. The monoisotopic (exact) mass is 483 g/mol. The van der Waals surface area contributed by atoms with E-state index >= 15 is 0 Å². The molecule has 0 aliphatic carbocycles. The molecule has 0 fully saturated rings. The Morgan fingerprint density at radius 3 is 1.72 bits per heavy atom. The van der Waals surface area contributed by atoms with Gasteiger partial charge in [-0.15, -0.1) is 0 Å². The largest absolute Gasteiger partial charge is 0.319 e. The van der Waals surface area contributed by atoms with Gasteiger partial charge in [0.1, 0.15) is 7.14 Å². The maximum absolute atomic E-state index is 12.6. The summed E-state index contributed by atoms with van der Waals surface area (Å²) >= 11 is 0. The molecule has 1 heterocycles. The molecule has 6 aromatic rings. The summed E-state index contributed by atoms with van der Waals surface area (Å²) in [5, 5.41) is 4.36. The van der Waals surface area contributed by atoms with Crippen LogP contribution in [0.2, 0.25) is 0 Å². The van der Waals surface area contributed by atoms with E-state index in [1.807, 2.05) is 31.5 Å². The molecule has 0 aliphatic rings. The van der Waals surface area contributed by atoms with E-state index in [4.69, 9.17) is 4.98 Å². The Labute approximate surface area is 211 Å². The lowest BCUT2D eigenvalue weighted by Gasteiger charge is -2.16. The highest BCUT2D eigenvalue weighted by atomic mass is 31.2. The molecule has 0 atom stereocenters. The van der Waals surface area contributed by atoms with Gasteiger partial charge in [-0.25, -0.2) is 4.98 Å². The van der Waals surface area contributed by atoms with Crippen molar-refractivity contribution in [2.24, 2.45) is 0 Å². The summed E-state index contributed by atoms with van der Waals surface area (Å²) in [6.45, 7) is 3.62. The first-order valence-corrected chi connectivity index (χ1v) is 14.7. The zero-order valence-corrected chi connectivity index (χ0v) is 21.2. The van der Waals surface area contributed by atoms with Crippen molar-refractivity contribution >= 4 is 34.1 Å². The number of aromatic nitrogens is 1. The zero-order chi connectivity index (χ0) is 24.7. The Morgan fingerprint density at radius 2 is 1.08 bits per heavy atom. The lowest BCUT2D eigenvalue weighted by Crippen LogP contribution is -2.01. The van der Waals surface area contributed by atoms with E-state index in [0.717, 1.165) is 44.0 Å². The summed E-state index contributed by atoms with van der Waals surface area (Å²) in [5.41, 5.74) is 7.57. The molecule has 0 spiro atoms. The van der Waals surface area contributed by atoms with Gasteiger partial charge in [0.25, 0.3) is 0 Å². The van der Waals surface area contributed by atoms with Crippen molar-refractivity contribution in [3.8, 4) is 33.5 Å². The number of benzene rings is 5. The molecular formula is C33H26NOP. The summed E-state index contributed by atoms with van der Waals surface area (Å²) in [6.07, 6.45) is 0. The number of hydrogen-bond acceptors (Lipinski definition) is 2. The first-order chi connectivity index (χ1) is 17.5. The Bertz CT molecular complexity index is 1750. The van der Waals surface area contributed by atoms with E-state index in [-0.39, 0.29) is 0 Å². The van der Waals surface area contributed by atoms with Gasteiger partial charge >= 0.3 is 0 Å². The first kappa shape index (κ1) is 22.5. The summed E-state index contributed by atoms with van der Waals surface area (Å²) in [7, 11) is -2.31. The second-order valence-electron chi connectivity index (χ2n) is 9.52. The molecule has 5 aromatic carbocycles. The van der Waals surface area contributed by atoms with Gasteiger partial charge in [-0.1, -0.05) is 121 Å². The van der Waals surface area contributed by atoms with Crippen molar-refractivity contribution in [1.29, 1.82) is 0 Å². The van der Waals surface area contributed by atoms with Crippen molar-refractivity contribution in [2.75, 3.05) is 13.3 Å². The predicted octanol–water partition coefficient (Wildman–Crippen LogP) is 8.64. The summed E-state index contributed by atoms with van der Waals surface area (Å²) in [5.74, 6) is 0. The van der Waals surface area contributed by atoms with Crippen LogP contribution in [0.15, 0.2) is 121 Å². The van der Waals surface area contributed by atoms with Crippen LogP contribution in [0.1, 0.15) is 0 Å². The third kappa shape index (κ3) is 3.94. The molecule has 0 saturated carbocycles. The second-order valence-corrected chi connectivity index (χ2v) is 12.7. The third-order valence-electron chi connectivity index (χ3n) is 6.78. The van der Waals surface area contributed by atoms with E-state index in [1.54, 1.807) is 0 Å². The van der Waals surface area contributed by atoms with Gasteiger partial charge in [-0.2, -0.15) is 0 Å². The van der Waals surface area contributed by atoms with Crippen LogP contribution >= 0.6 is 7.14 Å². The van der Waals surface area contributed by atoms with Gasteiger partial charge in [0.15, 0.2) is 0 Å². The molecule has 0 saturated heterocycles. The quantitative estimate of drug-likeness (QED) is 0.186. The van der Waals surface area contributed by atoms with Gasteiger partial charge in [-0.3, -0.25) is 0 Å². The zero-order valence-electron chi connectivity index (χ0n) is 20.3. The summed E-state index contributed by atoms with van der Waals surface area (Å²) < 4.78 is 12.6. The number of hydrogen-bond donors (Lipinski definition) is 0. The maximum Gasteiger partial charge on any atom is 0.109 e. The van der Waals surface area contributed by atoms with E-state index < -0.39 is 7.14 Å². The number of nitrogens with zero attached hydrogens (tertiary/aromatic N) is 1. The van der Waals surface area contributed by atoms with Gasteiger partial charge in [0.05, 0.1) is 11.2 Å². The average molecular weight is 484 g/mol. The van der Waals surface area contributed by atoms with Crippen molar-refractivity contribution in [3.05, 3.63) is 121 Å². The van der Waals surface area contributed by atoms with Crippen molar-refractivity contribution in [2.45, 2.75) is 0 Å². The molecule has 174 valence electrons. The Balaban J connectivity index is 1.71. The molecule has 0 amide bonds. The smallest absolute Gasteiger partial charge is 0.109 e. The standard InChI is InChI=1S/C33H26NOP/c1-36(2,35)26-21-19-24(20-22-26)28-16-10-18-30-31-27(23-11-5-3-6-12-23)15-9-17-29(31)32(34-33(28)30)25-13-7-4-8-14-25/h3-22H,1-2H3.